The molecule has 2 saturated heterocycles. The molecule has 3 rings (SSSR count). The van der Waals surface area contributed by atoms with Gasteiger partial charge in [-0.2, -0.15) is 0 Å². The van der Waals surface area contributed by atoms with Gasteiger partial charge in [0.25, 0.3) is 0 Å². The van der Waals surface area contributed by atoms with E-state index in [9.17, 15) is 0 Å². The molecule has 2 aliphatic heterocycles. The molecule has 0 aliphatic carbocycles. The molecule has 0 N–H and O–H groups in total. The summed E-state index contributed by atoms with van der Waals surface area (Å²) in [4.78, 5) is 7.57. The van der Waals surface area contributed by atoms with Gasteiger partial charge in [0.1, 0.15) is 11.6 Å². The van der Waals surface area contributed by atoms with E-state index in [1.807, 2.05) is 0 Å². The highest BCUT2D eigenvalue weighted by molar-refractivity contribution is 5.03. The van der Waals surface area contributed by atoms with Gasteiger partial charge in [-0.25, -0.2) is 0 Å². The van der Waals surface area contributed by atoms with Crippen LogP contribution in [0.1, 0.15) is 57.1 Å². The second kappa shape index (κ2) is 9.29. The van der Waals surface area contributed by atoms with Crippen molar-refractivity contribution in [3.05, 3.63) is 11.6 Å². The molecule has 2 aliphatic rings. The Morgan fingerprint density at radius 3 is 2.15 bits per heavy atom. The molecule has 0 atom stereocenters. The number of nitrogens with zero attached hydrogens (tertiary/aromatic N) is 6. The van der Waals surface area contributed by atoms with Crippen molar-refractivity contribution in [3.8, 4) is 0 Å². The fraction of sp³-hybridized carbons (Fsp3) is 0.900. The lowest BCUT2D eigenvalue weighted by molar-refractivity contribution is 0.144. The maximum Gasteiger partial charge on any atom is 0.146 e. The molecule has 26 heavy (non-hydrogen) atoms. The monoisotopic (exact) mass is 362 g/mol. The highest BCUT2D eigenvalue weighted by atomic mass is 15.3. The zero-order valence-electron chi connectivity index (χ0n) is 17.3. The van der Waals surface area contributed by atoms with Gasteiger partial charge in [-0.15, -0.1) is 10.2 Å². The highest BCUT2D eigenvalue weighted by Crippen LogP contribution is 2.28. The van der Waals surface area contributed by atoms with E-state index in [0.29, 0.717) is 5.92 Å². The molecule has 0 saturated carbocycles. The normalized spacial score (nSPS) is 21.7. The molecule has 1 aromatic rings. The number of likely N-dealkylation sites (tertiary alicyclic amines) is 1. The summed E-state index contributed by atoms with van der Waals surface area (Å²) in [5.41, 5.74) is 0. The summed E-state index contributed by atoms with van der Waals surface area (Å²) >= 11 is 0. The predicted molar refractivity (Wildman–Crippen MR) is 106 cm³/mol. The van der Waals surface area contributed by atoms with Crippen LogP contribution in [0.15, 0.2) is 0 Å². The smallest absolute Gasteiger partial charge is 0.146 e. The van der Waals surface area contributed by atoms with E-state index in [1.54, 1.807) is 0 Å². The first kappa shape index (κ1) is 19.8. The van der Waals surface area contributed by atoms with Gasteiger partial charge in [-0.3, -0.25) is 4.90 Å². The van der Waals surface area contributed by atoms with Crippen LogP contribution in [0.4, 0.5) is 0 Å². The standard InChI is InChI=1S/C20H38N6/c1-5-17(6-2)15-25-9-7-18(8-10-25)20-22-21-19(24(20)4)16-26-13-11-23(3)12-14-26/h17-18H,5-16H2,1-4H3. The van der Waals surface area contributed by atoms with Gasteiger partial charge in [0.2, 0.25) is 0 Å². The van der Waals surface area contributed by atoms with E-state index in [0.717, 1.165) is 44.5 Å². The fourth-order valence-electron chi connectivity index (χ4n) is 4.36. The van der Waals surface area contributed by atoms with Crippen LogP contribution in [-0.4, -0.2) is 82.3 Å². The van der Waals surface area contributed by atoms with E-state index < -0.39 is 0 Å². The summed E-state index contributed by atoms with van der Waals surface area (Å²) in [6.07, 6.45) is 5.05. The van der Waals surface area contributed by atoms with Crippen molar-refractivity contribution in [3.63, 3.8) is 0 Å². The van der Waals surface area contributed by atoms with Gasteiger partial charge in [-0.1, -0.05) is 26.7 Å². The molecule has 0 radical (unpaired) electrons. The van der Waals surface area contributed by atoms with Crippen molar-refractivity contribution >= 4 is 0 Å². The topological polar surface area (TPSA) is 40.4 Å². The van der Waals surface area contributed by atoms with E-state index in [2.05, 4.69) is 57.4 Å². The molecule has 2 fully saturated rings. The van der Waals surface area contributed by atoms with E-state index in [4.69, 9.17) is 0 Å². The SMILES string of the molecule is CCC(CC)CN1CCC(c2nnc(CN3CCN(C)CC3)n2C)CC1. The molecule has 3 heterocycles. The van der Waals surface area contributed by atoms with Crippen LogP contribution >= 0.6 is 0 Å². The molecular weight excluding hydrogens is 324 g/mol. The third-order valence-electron chi connectivity index (χ3n) is 6.58. The number of rotatable bonds is 7. The maximum absolute atomic E-state index is 4.60. The second-order valence-corrected chi connectivity index (χ2v) is 8.37. The third-order valence-corrected chi connectivity index (χ3v) is 6.58. The van der Waals surface area contributed by atoms with Gasteiger partial charge in [0, 0.05) is 45.7 Å². The summed E-state index contributed by atoms with van der Waals surface area (Å²) in [5.74, 6) is 3.77. The van der Waals surface area contributed by atoms with Gasteiger partial charge in [-0.05, 0) is 38.9 Å². The Morgan fingerprint density at radius 1 is 0.885 bits per heavy atom. The molecule has 0 aromatic carbocycles. The van der Waals surface area contributed by atoms with Crippen LogP contribution in [0.2, 0.25) is 0 Å². The van der Waals surface area contributed by atoms with Gasteiger partial charge in [0.15, 0.2) is 0 Å². The fourth-order valence-corrected chi connectivity index (χ4v) is 4.36. The zero-order chi connectivity index (χ0) is 18.5. The first-order chi connectivity index (χ1) is 12.6. The van der Waals surface area contributed by atoms with Crippen molar-refractivity contribution in [1.29, 1.82) is 0 Å². The Morgan fingerprint density at radius 2 is 1.54 bits per heavy atom. The molecule has 6 nitrogen and oxygen atoms in total. The first-order valence-electron chi connectivity index (χ1n) is 10.6. The minimum absolute atomic E-state index is 0.576. The summed E-state index contributed by atoms with van der Waals surface area (Å²) < 4.78 is 2.28. The van der Waals surface area contributed by atoms with Crippen LogP contribution < -0.4 is 0 Å². The Balaban J connectivity index is 1.52. The molecule has 1 aromatic heterocycles. The molecule has 148 valence electrons. The lowest BCUT2D eigenvalue weighted by Crippen LogP contribution is -2.44. The number of aromatic nitrogens is 3. The third kappa shape index (κ3) is 4.84. The average Bonchev–Trinajstić information content (AvgIpc) is 3.02. The number of likely N-dealkylation sites (N-methyl/N-ethyl adjacent to an activating group) is 1. The quantitative estimate of drug-likeness (QED) is 0.743. The second-order valence-electron chi connectivity index (χ2n) is 8.37. The van der Waals surface area contributed by atoms with Crippen molar-refractivity contribution in [2.24, 2.45) is 13.0 Å². The Hall–Kier alpha value is -0.980. The minimum atomic E-state index is 0.576. The lowest BCUT2D eigenvalue weighted by Gasteiger charge is -2.33. The van der Waals surface area contributed by atoms with Crippen molar-refractivity contribution in [1.82, 2.24) is 29.5 Å². The minimum Gasteiger partial charge on any atom is -0.317 e. The lowest BCUT2D eigenvalue weighted by atomic mass is 9.94. The Bertz CT molecular complexity index is 536. The largest absolute Gasteiger partial charge is 0.317 e. The molecule has 6 heteroatoms. The molecular formula is C20H38N6. The van der Waals surface area contributed by atoms with E-state index >= 15 is 0 Å². The van der Waals surface area contributed by atoms with E-state index in [-0.39, 0.29) is 0 Å². The zero-order valence-corrected chi connectivity index (χ0v) is 17.3. The summed E-state index contributed by atoms with van der Waals surface area (Å²) in [6.45, 7) is 13.8. The van der Waals surface area contributed by atoms with Gasteiger partial charge < -0.3 is 14.4 Å². The molecule has 0 amide bonds. The van der Waals surface area contributed by atoms with Gasteiger partial charge >= 0.3 is 0 Å². The van der Waals surface area contributed by atoms with Crippen LogP contribution in [0, 0.1) is 5.92 Å². The number of piperidine rings is 1. The number of hydrogen-bond acceptors (Lipinski definition) is 5. The average molecular weight is 363 g/mol. The van der Waals surface area contributed by atoms with Crippen molar-refractivity contribution in [2.75, 3.05) is 52.9 Å². The Labute approximate surface area is 159 Å². The molecule has 0 spiro atoms. The Kier molecular flexibility index (Phi) is 7.06. The number of hydrogen-bond donors (Lipinski definition) is 0. The number of piperazine rings is 1. The van der Waals surface area contributed by atoms with Crippen molar-refractivity contribution < 1.29 is 0 Å². The van der Waals surface area contributed by atoms with Crippen molar-refractivity contribution in [2.45, 2.75) is 52.0 Å². The van der Waals surface area contributed by atoms with E-state index in [1.165, 1.54) is 51.1 Å². The maximum atomic E-state index is 4.60. The highest BCUT2D eigenvalue weighted by Gasteiger charge is 2.26. The molecule has 0 unspecified atom stereocenters. The summed E-state index contributed by atoms with van der Waals surface area (Å²) in [6, 6.07) is 0. The van der Waals surface area contributed by atoms with Crippen LogP contribution in [0.25, 0.3) is 0 Å². The van der Waals surface area contributed by atoms with Crippen LogP contribution in [0.3, 0.4) is 0 Å². The van der Waals surface area contributed by atoms with Crippen LogP contribution in [-0.2, 0) is 13.6 Å². The summed E-state index contributed by atoms with van der Waals surface area (Å²) in [5, 5.41) is 9.14. The van der Waals surface area contributed by atoms with Gasteiger partial charge in [0.05, 0.1) is 6.54 Å². The first-order valence-corrected chi connectivity index (χ1v) is 10.6. The molecule has 0 bridgehead atoms. The predicted octanol–water partition coefficient (Wildman–Crippen LogP) is 2.18. The summed E-state index contributed by atoms with van der Waals surface area (Å²) in [7, 11) is 4.37. The van der Waals surface area contributed by atoms with Crippen LogP contribution in [0.5, 0.6) is 0 Å².